The third-order valence-corrected chi connectivity index (χ3v) is 3.26. The van der Waals surface area contributed by atoms with Crippen molar-refractivity contribution in [3.8, 4) is 0 Å². The highest BCUT2D eigenvalue weighted by Gasteiger charge is 2.39. The zero-order valence-electron chi connectivity index (χ0n) is 8.78. The Balaban J connectivity index is 2.39. The Morgan fingerprint density at radius 2 is 1.88 bits per heavy atom. The molecule has 0 bridgehead atoms. The first kappa shape index (κ1) is 9.95. The van der Waals surface area contributed by atoms with E-state index in [2.05, 4.69) is 5.32 Å². The lowest BCUT2D eigenvalue weighted by atomic mass is 9.97. The lowest BCUT2D eigenvalue weighted by molar-refractivity contribution is -0.385. The lowest BCUT2D eigenvalue weighted by Gasteiger charge is -2.04. The molecule has 0 radical (unpaired) electrons. The van der Waals surface area contributed by atoms with Crippen molar-refractivity contribution >= 4 is 17.5 Å². The van der Waals surface area contributed by atoms with Crippen molar-refractivity contribution in [1.82, 2.24) is 5.32 Å². The van der Waals surface area contributed by atoms with E-state index >= 15 is 0 Å². The van der Waals surface area contributed by atoms with Gasteiger partial charge < -0.3 is 0 Å². The first-order valence-corrected chi connectivity index (χ1v) is 5.28. The number of aryl methyl sites for hydroxylation is 1. The number of hydrogen-bond donors (Lipinski definition) is 1. The number of benzene rings is 1. The Bertz CT molecular complexity index is 592. The maximum atomic E-state index is 11.7. The van der Waals surface area contributed by atoms with Crippen molar-refractivity contribution in [3.05, 3.63) is 38.4 Å². The number of imide groups is 1. The summed E-state index contributed by atoms with van der Waals surface area (Å²) in [5.41, 5.74) is 1.51. The molecule has 1 aromatic carbocycles. The number of carbonyl (C=O) groups excluding carboxylic acids is 2. The summed E-state index contributed by atoms with van der Waals surface area (Å²) in [6.45, 7) is 0. The molecular weight excluding hydrogens is 224 g/mol. The van der Waals surface area contributed by atoms with Crippen LogP contribution in [0, 0.1) is 10.1 Å². The van der Waals surface area contributed by atoms with Crippen LogP contribution >= 0.6 is 0 Å². The fourth-order valence-electron chi connectivity index (χ4n) is 2.58. The van der Waals surface area contributed by atoms with E-state index in [1.165, 1.54) is 6.07 Å². The second-order valence-electron chi connectivity index (χ2n) is 4.18. The number of nitro benzene ring substituents is 1. The van der Waals surface area contributed by atoms with Gasteiger partial charge in [-0.1, -0.05) is 0 Å². The molecule has 6 nitrogen and oxygen atoms in total. The number of nitrogens with one attached hydrogen (secondary N) is 1. The standard InChI is InChI=1S/C11H8N2O4/c14-10-8-6-3-1-2-5(6)4-7(13(16)17)9(8)11(15)12-10/h4H,1-3H2,(H,12,14,15). The van der Waals surface area contributed by atoms with E-state index in [-0.39, 0.29) is 16.8 Å². The Kier molecular flexibility index (Phi) is 1.83. The second-order valence-corrected chi connectivity index (χ2v) is 4.18. The van der Waals surface area contributed by atoms with Crippen LogP contribution in [-0.4, -0.2) is 16.7 Å². The molecule has 2 aliphatic rings. The molecule has 1 aliphatic carbocycles. The predicted octanol–water partition coefficient (Wildman–Crippen LogP) is 0.967. The Morgan fingerprint density at radius 3 is 2.59 bits per heavy atom. The van der Waals surface area contributed by atoms with Crippen LogP contribution in [0.3, 0.4) is 0 Å². The maximum absolute atomic E-state index is 11.7. The second kappa shape index (κ2) is 3.13. The number of rotatable bonds is 1. The highest BCUT2D eigenvalue weighted by molar-refractivity contribution is 6.24. The van der Waals surface area contributed by atoms with E-state index in [4.69, 9.17) is 0 Å². The molecular formula is C11H8N2O4. The van der Waals surface area contributed by atoms with Gasteiger partial charge in [0.25, 0.3) is 17.5 Å². The number of hydrogen-bond acceptors (Lipinski definition) is 4. The zero-order valence-corrected chi connectivity index (χ0v) is 8.78. The SMILES string of the molecule is O=C1NC(=O)c2c3c(cc([N+](=O)[O-])c21)CCC3. The van der Waals surface area contributed by atoms with Crippen LogP contribution < -0.4 is 5.32 Å². The zero-order chi connectivity index (χ0) is 12.2. The van der Waals surface area contributed by atoms with Crippen LogP contribution in [0.1, 0.15) is 38.3 Å². The van der Waals surface area contributed by atoms with Crippen LogP contribution in [-0.2, 0) is 12.8 Å². The molecule has 1 aromatic rings. The smallest absolute Gasteiger partial charge is 0.283 e. The first-order valence-electron chi connectivity index (χ1n) is 5.28. The van der Waals surface area contributed by atoms with Crippen molar-refractivity contribution in [1.29, 1.82) is 0 Å². The van der Waals surface area contributed by atoms with Gasteiger partial charge in [-0.2, -0.15) is 0 Å². The van der Waals surface area contributed by atoms with Gasteiger partial charge in [-0.25, -0.2) is 0 Å². The number of nitro groups is 1. The average molecular weight is 232 g/mol. The van der Waals surface area contributed by atoms with E-state index in [1.807, 2.05) is 0 Å². The molecule has 17 heavy (non-hydrogen) atoms. The minimum Gasteiger partial charge on any atom is -0.288 e. The summed E-state index contributed by atoms with van der Waals surface area (Å²) in [7, 11) is 0. The van der Waals surface area contributed by atoms with Crippen LogP contribution in [0.5, 0.6) is 0 Å². The molecule has 86 valence electrons. The monoisotopic (exact) mass is 232 g/mol. The van der Waals surface area contributed by atoms with Crippen LogP contribution in [0.4, 0.5) is 5.69 Å². The number of fused-ring (bicyclic) bond motifs is 3. The first-order chi connectivity index (χ1) is 8.09. The van der Waals surface area contributed by atoms with Crippen molar-refractivity contribution in [2.24, 2.45) is 0 Å². The summed E-state index contributed by atoms with van der Waals surface area (Å²) in [5, 5.41) is 13.1. The van der Waals surface area contributed by atoms with Gasteiger partial charge in [0.15, 0.2) is 0 Å². The molecule has 6 heteroatoms. The summed E-state index contributed by atoms with van der Waals surface area (Å²) in [4.78, 5) is 33.5. The molecule has 0 atom stereocenters. The molecule has 3 rings (SSSR count). The quantitative estimate of drug-likeness (QED) is 0.443. The summed E-state index contributed by atoms with van der Waals surface area (Å²) in [5.74, 6) is -1.17. The fraction of sp³-hybridized carbons (Fsp3) is 0.273. The summed E-state index contributed by atoms with van der Waals surface area (Å²) < 4.78 is 0. The van der Waals surface area contributed by atoms with Crippen LogP contribution in [0.2, 0.25) is 0 Å². The van der Waals surface area contributed by atoms with Gasteiger partial charge in [-0.15, -0.1) is 0 Å². The van der Waals surface area contributed by atoms with Crippen LogP contribution in [0.25, 0.3) is 0 Å². The van der Waals surface area contributed by atoms with E-state index in [0.29, 0.717) is 6.42 Å². The van der Waals surface area contributed by atoms with Crippen molar-refractivity contribution < 1.29 is 14.5 Å². The topological polar surface area (TPSA) is 89.3 Å². The molecule has 1 aliphatic heterocycles. The van der Waals surface area contributed by atoms with Gasteiger partial charge in [0.2, 0.25) is 0 Å². The summed E-state index contributed by atoms with van der Waals surface area (Å²) in [6, 6.07) is 1.43. The van der Waals surface area contributed by atoms with Gasteiger partial charge in [0.1, 0.15) is 5.56 Å². The summed E-state index contributed by atoms with van der Waals surface area (Å²) >= 11 is 0. The van der Waals surface area contributed by atoms with Gasteiger partial charge >= 0.3 is 0 Å². The average Bonchev–Trinajstić information content (AvgIpc) is 2.82. The molecule has 0 unspecified atom stereocenters. The lowest BCUT2D eigenvalue weighted by Crippen LogP contribution is -2.20. The minimum atomic E-state index is -0.661. The van der Waals surface area contributed by atoms with E-state index in [0.717, 1.165) is 24.0 Å². The molecule has 0 aromatic heterocycles. The highest BCUT2D eigenvalue weighted by Crippen LogP contribution is 2.36. The van der Waals surface area contributed by atoms with Crippen molar-refractivity contribution in [2.75, 3.05) is 0 Å². The number of carbonyl (C=O) groups is 2. The van der Waals surface area contributed by atoms with Gasteiger partial charge in [-0.3, -0.25) is 25.0 Å². The minimum absolute atomic E-state index is 0.0688. The third-order valence-electron chi connectivity index (χ3n) is 3.26. The Labute approximate surface area is 95.8 Å². The maximum Gasteiger partial charge on any atom is 0.283 e. The van der Waals surface area contributed by atoms with Gasteiger partial charge in [0.05, 0.1) is 10.5 Å². The predicted molar refractivity (Wildman–Crippen MR) is 56.9 cm³/mol. The van der Waals surface area contributed by atoms with E-state index in [1.54, 1.807) is 0 Å². The molecule has 0 spiro atoms. The Hall–Kier alpha value is -2.24. The molecule has 2 amide bonds. The molecule has 0 saturated carbocycles. The highest BCUT2D eigenvalue weighted by atomic mass is 16.6. The van der Waals surface area contributed by atoms with Crippen molar-refractivity contribution in [3.63, 3.8) is 0 Å². The number of nitrogens with zero attached hydrogens (tertiary/aromatic N) is 1. The summed E-state index contributed by atoms with van der Waals surface area (Å²) in [6.07, 6.45) is 2.30. The van der Waals surface area contributed by atoms with E-state index in [9.17, 15) is 19.7 Å². The Morgan fingerprint density at radius 1 is 1.18 bits per heavy atom. The number of amides is 2. The molecule has 0 fully saturated rings. The normalized spacial score (nSPS) is 16.7. The van der Waals surface area contributed by atoms with Gasteiger partial charge in [0, 0.05) is 6.07 Å². The largest absolute Gasteiger partial charge is 0.288 e. The van der Waals surface area contributed by atoms with Crippen LogP contribution in [0.15, 0.2) is 6.07 Å². The van der Waals surface area contributed by atoms with Crippen molar-refractivity contribution in [2.45, 2.75) is 19.3 Å². The van der Waals surface area contributed by atoms with Gasteiger partial charge in [-0.05, 0) is 30.4 Å². The molecule has 1 N–H and O–H groups in total. The molecule has 0 saturated heterocycles. The van der Waals surface area contributed by atoms with E-state index < -0.39 is 16.7 Å². The fourth-order valence-corrected chi connectivity index (χ4v) is 2.58. The third kappa shape index (κ3) is 1.20. The molecule has 1 heterocycles.